The van der Waals surface area contributed by atoms with Gasteiger partial charge in [-0.3, -0.25) is 14.5 Å². The van der Waals surface area contributed by atoms with E-state index in [1.165, 1.54) is 0 Å². The zero-order valence-electron chi connectivity index (χ0n) is 15.9. The Kier molecular flexibility index (Phi) is 5.76. The van der Waals surface area contributed by atoms with Gasteiger partial charge in [-0.2, -0.15) is 0 Å². The zero-order chi connectivity index (χ0) is 19.4. The summed E-state index contributed by atoms with van der Waals surface area (Å²) in [6, 6.07) is 12.9. The standard InChI is InChI=1S/C21H26N4O2/c1-15-4-3-5-16(2)20(15)23-19(26)14-24-10-12-25(13-11-24)21(27)17-6-8-18(22)9-7-17/h3-9H,10-14,22H2,1-2H3,(H,23,26). The molecule has 1 heterocycles. The lowest BCUT2D eigenvalue weighted by atomic mass is 10.1. The number of piperazine rings is 1. The molecule has 2 amide bonds. The average Bonchev–Trinajstić information content (AvgIpc) is 2.65. The van der Waals surface area contributed by atoms with E-state index in [9.17, 15) is 9.59 Å². The number of nitrogens with zero attached hydrogens (tertiary/aromatic N) is 2. The number of carbonyl (C=O) groups excluding carboxylic acids is 2. The Morgan fingerprint density at radius 1 is 0.963 bits per heavy atom. The van der Waals surface area contributed by atoms with Gasteiger partial charge in [0.1, 0.15) is 0 Å². The molecule has 6 nitrogen and oxygen atoms in total. The molecule has 0 atom stereocenters. The van der Waals surface area contributed by atoms with Gasteiger partial charge in [0, 0.05) is 43.1 Å². The Balaban J connectivity index is 1.51. The summed E-state index contributed by atoms with van der Waals surface area (Å²) in [6.45, 7) is 6.90. The molecule has 0 saturated carbocycles. The van der Waals surface area contributed by atoms with Gasteiger partial charge in [-0.1, -0.05) is 18.2 Å². The van der Waals surface area contributed by atoms with Crippen molar-refractivity contribution in [2.45, 2.75) is 13.8 Å². The number of amides is 2. The van der Waals surface area contributed by atoms with Gasteiger partial charge in [0.2, 0.25) is 5.91 Å². The van der Waals surface area contributed by atoms with Gasteiger partial charge in [0.05, 0.1) is 6.54 Å². The third-order valence-corrected chi connectivity index (χ3v) is 4.93. The maximum absolute atomic E-state index is 12.5. The fourth-order valence-electron chi connectivity index (χ4n) is 3.31. The first-order valence-electron chi connectivity index (χ1n) is 9.17. The summed E-state index contributed by atoms with van der Waals surface area (Å²) in [5, 5.41) is 3.02. The van der Waals surface area contributed by atoms with Gasteiger partial charge < -0.3 is 16.0 Å². The van der Waals surface area contributed by atoms with Gasteiger partial charge in [-0.25, -0.2) is 0 Å². The Hall–Kier alpha value is -2.86. The fourth-order valence-corrected chi connectivity index (χ4v) is 3.31. The number of benzene rings is 2. The van der Waals surface area contributed by atoms with E-state index in [1.807, 2.05) is 36.9 Å². The van der Waals surface area contributed by atoms with Crippen molar-refractivity contribution in [3.63, 3.8) is 0 Å². The summed E-state index contributed by atoms with van der Waals surface area (Å²) in [7, 11) is 0. The van der Waals surface area contributed by atoms with E-state index in [1.54, 1.807) is 24.3 Å². The van der Waals surface area contributed by atoms with Crippen LogP contribution in [0.15, 0.2) is 42.5 Å². The maximum Gasteiger partial charge on any atom is 0.253 e. The van der Waals surface area contributed by atoms with E-state index >= 15 is 0 Å². The predicted molar refractivity (Wildman–Crippen MR) is 108 cm³/mol. The molecule has 0 spiro atoms. The van der Waals surface area contributed by atoms with Crippen LogP contribution >= 0.6 is 0 Å². The van der Waals surface area contributed by atoms with E-state index in [-0.39, 0.29) is 11.8 Å². The van der Waals surface area contributed by atoms with E-state index in [2.05, 4.69) is 10.2 Å². The predicted octanol–water partition coefficient (Wildman–Crippen LogP) is 2.28. The second-order valence-electron chi connectivity index (χ2n) is 7.01. The molecule has 2 aromatic rings. The minimum absolute atomic E-state index is 0.00892. The first kappa shape index (κ1) is 18.9. The van der Waals surface area contributed by atoms with Crippen molar-refractivity contribution in [2.24, 2.45) is 0 Å². The van der Waals surface area contributed by atoms with Crippen LogP contribution in [0.4, 0.5) is 11.4 Å². The first-order valence-corrected chi connectivity index (χ1v) is 9.17. The molecule has 0 aliphatic carbocycles. The highest BCUT2D eigenvalue weighted by Crippen LogP contribution is 2.19. The van der Waals surface area contributed by atoms with Crippen LogP contribution in [0.1, 0.15) is 21.5 Å². The zero-order valence-corrected chi connectivity index (χ0v) is 15.9. The molecule has 0 unspecified atom stereocenters. The van der Waals surface area contributed by atoms with Gasteiger partial charge in [-0.05, 0) is 49.2 Å². The van der Waals surface area contributed by atoms with E-state index < -0.39 is 0 Å². The molecule has 3 N–H and O–H groups in total. The molecule has 1 aliphatic rings. The van der Waals surface area contributed by atoms with Crippen molar-refractivity contribution in [3.8, 4) is 0 Å². The van der Waals surface area contributed by atoms with Crippen molar-refractivity contribution in [1.29, 1.82) is 0 Å². The van der Waals surface area contributed by atoms with Gasteiger partial charge in [0.25, 0.3) is 5.91 Å². The molecule has 0 bridgehead atoms. The minimum Gasteiger partial charge on any atom is -0.399 e. The summed E-state index contributed by atoms with van der Waals surface area (Å²) >= 11 is 0. The summed E-state index contributed by atoms with van der Waals surface area (Å²) in [6.07, 6.45) is 0. The number of hydrogen-bond donors (Lipinski definition) is 2. The molecule has 0 radical (unpaired) electrons. The highest BCUT2D eigenvalue weighted by molar-refractivity contribution is 5.95. The van der Waals surface area contributed by atoms with Crippen LogP contribution in [0.3, 0.4) is 0 Å². The highest BCUT2D eigenvalue weighted by atomic mass is 16.2. The van der Waals surface area contributed by atoms with Crippen LogP contribution < -0.4 is 11.1 Å². The lowest BCUT2D eigenvalue weighted by molar-refractivity contribution is -0.117. The number of nitrogens with one attached hydrogen (secondary N) is 1. The molecule has 27 heavy (non-hydrogen) atoms. The normalized spacial score (nSPS) is 14.8. The number of nitrogen functional groups attached to an aromatic ring is 1. The van der Waals surface area contributed by atoms with E-state index in [0.717, 1.165) is 16.8 Å². The average molecular weight is 366 g/mol. The molecule has 2 aromatic carbocycles. The van der Waals surface area contributed by atoms with Crippen LogP contribution in [0.2, 0.25) is 0 Å². The van der Waals surface area contributed by atoms with Crippen molar-refractivity contribution in [2.75, 3.05) is 43.8 Å². The molecule has 1 fully saturated rings. The van der Waals surface area contributed by atoms with E-state index in [0.29, 0.717) is 44.0 Å². The third kappa shape index (κ3) is 4.65. The highest BCUT2D eigenvalue weighted by Gasteiger charge is 2.23. The van der Waals surface area contributed by atoms with Crippen LogP contribution in [-0.2, 0) is 4.79 Å². The van der Waals surface area contributed by atoms with Gasteiger partial charge in [-0.15, -0.1) is 0 Å². The number of carbonyl (C=O) groups is 2. The third-order valence-electron chi connectivity index (χ3n) is 4.93. The lowest BCUT2D eigenvalue weighted by Crippen LogP contribution is -2.50. The second-order valence-corrected chi connectivity index (χ2v) is 7.01. The fraction of sp³-hybridized carbons (Fsp3) is 0.333. The smallest absolute Gasteiger partial charge is 0.253 e. The summed E-state index contributed by atoms with van der Waals surface area (Å²) in [4.78, 5) is 28.9. The van der Waals surface area contributed by atoms with Crippen molar-refractivity contribution >= 4 is 23.2 Å². The SMILES string of the molecule is Cc1cccc(C)c1NC(=O)CN1CCN(C(=O)c2ccc(N)cc2)CC1. The summed E-state index contributed by atoms with van der Waals surface area (Å²) in [5.41, 5.74) is 9.97. The van der Waals surface area contributed by atoms with Crippen molar-refractivity contribution < 1.29 is 9.59 Å². The molecular formula is C21H26N4O2. The first-order chi connectivity index (χ1) is 12.9. The number of rotatable bonds is 4. The van der Waals surface area contributed by atoms with Crippen molar-refractivity contribution in [1.82, 2.24) is 9.80 Å². The van der Waals surface area contributed by atoms with Gasteiger partial charge >= 0.3 is 0 Å². The molecule has 142 valence electrons. The topological polar surface area (TPSA) is 78.7 Å². The second kappa shape index (κ2) is 8.22. The number of para-hydroxylation sites is 1. The number of aryl methyl sites for hydroxylation is 2. The van der Waals surface area contributed by atoms with Crippen LogP contribution in [-0.4, -0.2) is 54.3 Å². The number of hydrogen-bond acceptors (Lipinski definition) is 4. The number of nitrogens with two attached hydrogens (primary N) is 1. The lowest BCUT2D eigenvalue weighted by Gasteiger charge is -2.34. The summed E-state index contributed by atoms with van der Waals surface area (Å²) in [5.74, 6) is -0.0136. The molecule has 3 rings (SSSR count). The molecule has 0 aromatic heterocycles. The van der Waals surface area contributed by atoms with E-state index in [4.69, 9.17) is 5.73 Å². The Morgan fingerprint density at radius 2 is 1.56 bits per heavy atom. The molecular weight excluding hydrogens is 340 g/mol. The molecule has 6 heteroatoms. The Labute approximate surface area is 159 Å². The molecule has 1 saturated heterocycles. The largest absolute Gasteiger partial charge is 0.399 e. The Morgan fingerprint density at radius 3 is 2.15 bits per heavy atom. The van der Waals surface area contributed by atoms with Crippen LogP contribution in [0.5, 0.6) is 0 Å². The summed E-state index contributed by atoms with van der Waals surface area (Å²) < 4.78 is 0. The van der Waals surface area contributed by atoms with Gasteiger partial charge in [0.15, 0.2) is 0 Å². The van der Waals surface area contributed by atoms with Crippen LogP contribution in [0, 0.1) is 13.8 Å². The van der Waals surface area contributed by atoms with Crippen LogP contribution in [0.25, 0.3) is 0 Å². The van der Waals surface area contributed by atoms with Crippen molar-refractivity contribution in [3.05, 3.63) is 59.2 Å². The maximum atomic E-state index is 12.5. The quantitative estimate of drug-likeness (QED) is 0.814. The Bertz CT molecular complexity index is 804. The molecule has 1 aliphatic heterocycles. The minimum atomic E-state index is -0.0225. The monoisotopic (exact) mass is 366 g/mol. The number of anilines is 2.